The molecule has 0 bridgehead atoms. The number of hydrazine groups is 1. The predicted octanol–water partition coefficient (Wildman–Crippen LogP) is 1.36. The van der Waals surface area contributed by atoms with Crippen LogP contribution in [0.5, 0.6) is 5.75 Å². The molecule has 2 fully saturated rings. The van der Waals surface area contributed by atoms with Crippen LogP contribution in [0.3, 0.4) is 0 Å². The summed E-state index contributed by atoms with van der Waals surface area (Å²) in [4.78, 5) is 26.8. The highest BCUT2D eigenvalue weighted by molar-refractivity contribution is 5.83. The summed E-state index contributed by atoms with van der Waals surface area (Å²) in [6.07, 6.45) is 1.23. The third-order valence-corrected chi connectivity index (χ3v) is 6.62. The van der Waals surface area contributed by atoms with Crippen LogP contribution in [-0.4, -0.2) is 53.7 Å². The first-order chi connectivity index (χ1) is 12.9. The quantitative estimate of drug-likeness (QED) is 0.738. The molecule has 7 heteroatoms. The van der Waals surface area contributed by atoms with Gasteiger partial charge >= 0.3 is 5.97 Å². The molecule has 3 aliphatic heterocycles. The number of nitrogens with one attached hydrogen (secondary N) is 2. The lowest BCUT2D eigenvalue weighted by atomic mass is 9.73. The molecule has 2 unspecified atom stereocenters. The average molecular weight is 373 g/mol. The van der Waals surface area contributed by atoms with Crippen molar-refractivity contribution in [1.29, 1.82) is 0 Å². The molecule has 3 heterocycles. The highest BCUT2D eigenvalue weighted by Gasteiger charge is 2.57. The number of carbonyl (C=O) groups is 2. The van der Waals surface area contributed by atoms with Gasteiger partial charge in [0.1, 0.15) is 17.8 Å². The summed E-state index contributed by atoms with van der Waals surface area (Å²) in [6, 6.07) is 8.21. The second-order valence-corrected chi connectivity index (χ2v) is 8.18. The van der Waals surface area contributed by atoms with E-state index >= 15 is 0 Å². The number of ether oxygens (including phenoxy) is 1. The average Bonchev–Trinajstić information content (AvgIpc) is 3.21. The largest absolute Gasteiger partial charge is 0.492 e. The Morgan fingerprint density at radius 2 is 1.96 bits per heavy atom. The fraction of sp³-hybridized carbons (Fsp3) is 0.600. The second-order valence-electron chi connectivity index (χ2n) is 8.18. The van der Waals surface area contributed by atoms with Crippen molar-refractivity contribution in [2.75, 3.05) is 19.7 Å². The summed E-state index contributed by atoms with van der Waals surface area (Å²) in [6.45, 7) is 5.00. The number of hydrogen-bond acceptors (Lipinski definition) is 5. The van der Waals surface area contributed by atoms with Gasteiger partial charge in [-0.15, -0.1) is 0 Å². The van der Waals surface area contributed by atoms with Gasteiger partial charge in [-0.2, -0.15) is 0 Å². The second kappa shape index (κ2) is 6.80. The fourth-order valence-electron chi connectivity index (χ4n) is 4.89. The first-order valence-electron chi connectivity index (χ1n) is 9.66. The van der Waals surface area contributed by atoms with Crippen LogP contribution in [0.15, 0.2) is 24.3 Å². The van der Waals surface area contributed by atoms with E-state index in [4.69, 9.17) is 4.74 Å². The lowest BCUT2D eigenvalue weighted by molar-refractivity contribution is -0.152. The molecule has 4 rings (SSSR count). The molecule has 3 N–H and O–H groups in total. The molecule has 1 aromatic carbocycles. The maximum atomic E-state index is 12.9. The highest BCUT2D eigenvalue weighted by Crippen LogP contribution is 2.49. The Morgan fingerprint density at radius 1 is 1.26 bits per heavy atom. The molecule has 0 spiro atoms. The number of hydrogen-bond donors (Lipinski definition) is 3. The molecular weight excluding hydrogens is 346 g/mol. The van der Waals surface area contributed by atoms with E-state index in [1.54, 1.807) is 4.90 Å². The van der Waals surface area contributed by atoms with Gasteiger partial charge in [0, 0.05) is 43.1 Å². The summed E-state index contributed by atoms with van der Waals surface area (Å²) in [7, 11) is 0. The van der Waals surface area contributed by atoms with Crippen molar-refractivity contribution >= 4 is 11.9 Å². The lowest BCUT2D eigenvalue weighted by Crippen LogP contribution is -2.46. The van der Waals surface area contributed by atoms with Crippen LogP contribution in [0.25, 0.3) is 0 Å². The number of carboxylic acids is 1. The van der Waals surface area contributed by atoms with Crippen LogP contribution in [0.2, 0.25) is 0 Å². The fourth-order valence-corrected chi connectivity index (χ4v) is 4.89. The zero-order chi connectivity index (χ0) is 19.2. The van der Waals surface area contributed by atoms with E-state index in [9.17, 15) is 14.7 Å². The van der Waals surface area contributed by atoms with Crippen LogP contribution in [-0.2, 0) is 9.59 Å². The van der Waals surface area contributed by atoms with Crippen LogP contribution in [0.4, 0.5) is 0 Å². The Labute approximate surface area is 159 Å². The molecule has 1 aromatic rings. The van der Waals surface area contributed by atoms with E-state index in [-0.39, 0.29) is 25.0 Å². The van der Waals surface area contributed by atoms with Crippen molar-refractivity contribution in [2.24, 2.45) is 11.3 Å². The van der Waals surface area contributed by atoms with Gasteiger partial charge in [0.15, 0.2) is 0 Å². The summed E-state index contributed by atoms with van der Waals surface area (Å²) in [5, 5.41) is 9.96. The van der Waals surface area contributed by atoms with E-state index < -0.39 is 11.4 Å². The predicted molar refractivity (Wildman–Crippen MR) is 99.2 cm³/mol. The molecule has 0 aliphatic carbocycles. The lowest BCUT2D eigenvalue weighted by Gasteiger charge is -2.35. The van der Waals surface area contributed by atoms with Gasteiger partial charge in [-0.05, 0) is 32.3 Å². The minimum absolute atomic E-state index is 0.0359. The number of nitrogens with zero attached hydrogens (tertiary/aromatic N) is 1. The van der Waals surface area contributed by atoms with Crippen molar-refractivity contribution < 1.29 is 19.4 Å². The standard InChI is InChI=1S/C20H27N3O4/c1-12-14(13(2)22-21-12)7-8-18(24)23-9-16-15-5-3-4-6-17(15)27-11-20(16,10-23)19(25)26/h3-6,12-14,16,21-22H,7-11H2,1-2H3,(H,25,26)/t12?,13?,14?,16-,20-/m1/s1. The van der Waals surface area contributed by atoms with Crippen molar-refractivity contribution in [3.63, 3.8) is 0 Å². The van der Waals surface area contributed by atoms with Crippen molar-refractivity contribution in [3.05, 3.63) is 29.8 Å². The highest BCUT2D eigenvalue weighted by atomic mass is 16.5. The van der Waals surface area contributed by atoms with E-state index in [0.29, 0.717) is 31.0 Å². The number of likely N-dealkylation sites (tertiary alicyclic amines) is 1. The van der Waals surface area contributed by atoms with Gasteiger partial charge < -0.3 is 14.7 Å². The molecule has 146 valence electrons. The Kier molecular flexibility index (Phi) is 4.60. The third kappa shape index (κ3) is 2.99. The Balaban J connectivity index is 1.50. The minimum Gasteiger partial charge on any atom is -0.492 e. The summed E-state index contributed by atoms with van der Waals surface area (Å²) >= 11 is 0. The first kappa shape index (κ1) is 18.3. The zero-order valence-electron chi connectivity index (χ0n) is 15.8. The maximum absolute atomic E-state index is 12.9. The van der Waals surface area contributed by atoms with Crippen LogP contribution >= 0.6 is 0 Å². The Morgan fingerprint density at radius 3 is 2.67 bits per heavy atom. The number of aliphatic carboxylic acids is 1. The number of amides is 1. The van der Waals surface area contributed by atoms with E-state index in [0.717, 1.165) is 17.7 Å². The number of carbonyl (C=O) groups excluding carboxylic acids is 1. The number of benzene rings is 1. The number of para-hydroxylation sites is 1. The number of fused-ring (bicyclic) bond motifs is 3. The minimum atomic E-state index is -1.05. The molecule has 7 nitrogen and oxygen atoms in total. The molecule has 0 saturated carbocycles. The van der Waals surface area contributed by atoms with Gasteiger partial charge in [0.2, 0.25) is 5.91 Å². The Hall–Kier alpha value is -2.12. The maximum Gasteiger partial charge on any atom is 0.315 e. The van der Waals surface area contributed by atoms with Crippen molar-refractivity contribution in [3.8, 4) is 5.75 Å². The molecule has 27 heavy (non-hydrogen) atoms. The van der Waals surface area contributed by atoms with Crippen molar-refractivity contribution in [1.82, 2.24) is 15.8 Å². The first-order valence-corrected chi connectivity index (χ1v) is 9.66. The van der Waals surface area contributed by atoms with Crippen LogP contribution in [0, 0.1) is 11.3 Å². The zero-order valence-corrected chi connectivity index (χ0v) is 15.8. The molecule has 1 amide bonds. The molecule has 4 atom stereocenters. The third-order valence-electron chi connectivity index (χ3n) is 6.62. The monoisotopic (exact) mass is 373 g/mol. The molecule has 0 radical (unpaired) electrons. The number of carboxylic acid groups (broad SMARTS) is 1. The van der Waals surface area contributed by atoms with Crippen LogP contribution < -0.4 is 15.6 Å². The van der Waals surface area contributed by atoms with Gasteiger partial charge in [-0.25, -0.2) is 0 Å². The van der Waals surface area contributed by atoms with Crippen molar-refractivity contribution in [2.45, 2.75) is 44.7 Å². The SMILES string of the molecule is CC1NNC(C)C1CCC(=O)N1C[C@@H]2c3ccccc3OC[C@]2(C(=O)O)C1. The Bertz CT molecular complexity index is 744. The van der Waals surface area contributed by atoms with Gasteiger partial charge in [-0.3, -0.25) is 20.4 Å². The van der Waals surface area contributed by atoms with Gasteiger partial charge in [-0.1, -0.05) is 18.2 Å². The van der Waals surface area contributed by atoms with E-state index in [2.05, 4.69) is 24.7 Å². The topological polar surface area (TPSA) is 90.9 Å². The van der Waals surface area contributed by atoms with Gasteiger partial charge in [0.25, 0.3) is 0 Å². The summed E-state index contributed by atoms with van der Waals surface area (Å²) in [5.41, 5.74) is 6.27. The number of rotatable bonds is 4. The molecule has 0 aromatic heterocycles. The molecular formula is C20H27N3O4. The van der Waals surface area contributed by atoms with Crippen LogP contribution in [0.1, 0.15) is 38.2 Å². The molecule has 3 aliphatic rings. The van der Waals surface area contributed by atoms with E-state index in [1.165, 1.54) is 0 Å². The molecule has 2 saturated heterocycles. The van der Waals surface area contributed by atoms with Gasteiger partial charge in [0.05, 0.1) is 0 Å². The van der Waals surface area contributed by atoms with E-state index in [1.807, 2.05) is 24.3 Å². The smallest absolute Gasteiger partial charge is 0.315 e. The summed E-state index contributed by atoms with van der Waals surface area (Å²) in [5.74, 6) is 0.0462. The summed E-state index contributed by atoms with van der Waals surface area (Å²) < 4.78 is 5.76. The normalized spacial score (nSPS) is 34.7.